The summed E-state index contributed by atoms with van der Waals surface area (Å²) in [5.41, 5.74) is 7.35. The van der Waals surface area contributed by atoms with Crippen LogP contribution in [0.4, 0.5) is 10.1 Å². The van der Waals surface area contributed by atoms with Crippen LogP contribution in [0.15, 0.2) is 40.9 Å². The minimum atomic E-state index is -0.412. The molecule has 0 saturated carbocycles. The fourth-order valence-electron chi connectivity index (χ4n) is 1.88. The fourth-order valence-corrected chi connectivity index (χ4v) is 2.37. The van der Waals surface area contributed by atoms with Gasteiger partial charge in [-0.3, -0.25) is 0 Å². The molecular formula is C13H8BrClFN5. The number of hydrogen-bond donors (Lipinski definition) is 1. The molecule has 0 unspecified atom stereocenters. The molecule has 21 heavy (non-hydrogen) atoms. The largest absolute Gasteiger partial charge is 0.398 e. The van der Waals surface area contributed by atoms with Gasteiger partial charge in [0.25, 0.3) is 0 Å². The Bertz CT molecular complexity index is 820. The van der Waals surface area contributed by atoms with Gasteiger partial charge in [0.1, 0.15) is 5.82 Å². The molecule has 106 valence electrons. The lowest BCUT2D eigenvalue weighted by atomic mass is 10.1. The summed E-state index contributed by atoms with van der Waals surface area (Å²) in [5, 5.41) is 12.1. The molecule has 0 bridgehead atoms. The molecule has 0 fully saturated rings. The molecule has 3 rings (SSSR count). The Balaban J connectivity index is 2.14. The second kappa shape index (κ2) is 5.42. The average Bonchev–Trinajstić information content (AvgIpc) is 2.91. The summed E-state index contributed by atoms with van der Waals surface area (Å²) in [6.45, 7) is 0. The van der Waals surface area contributed by atoms with Crippen LogP contribution >= 0.6 is 27.5 Å². The number of benzene rings is 2. The SMILES string of the molecule is Nc1cc(F)ccc1-c1nnnn1-c1ccc(Cl)c(Br)c1. The Labute approximate surface area is 132 Å². The van der Waals surface area contributed by atoms with Crippen molar-refractivity contribution in [2.24, 2.45) is 0 Å². The molecule has 2 aromatic carbocycles. The first-order valence-corrected chi connectivity index (χ1v) is 7.02. The summed E-state index contributed by atoms with van der Waals surface area (Å²) >= 11 is 9.32. The van der Waals surface area contributed by atoms with Crippen LogP contribution in [0.25, 0.3) is 17.1 Å². The number of hydrogen-bond acceptors (Lipinski definition) is 4. The highest BCUT2D eigenvalue weighted by atomic mass is 79.9. The first-order chi connectivity index (χ1) is 10.1. The molecule has 0 saturated heterocycles. The second-order valence-corrected chi connectivity index (χ2v) is 5.51. The van der Waals surface area contributed by atoms with Gasteiger partial charge in [0.05, 0.1) is 10.7 Å². The van der Waals surface area contributed by atoms with Crippen LogP contribution in [0.1, 0.15) is 0 Å². The molecule has 0 aliphatic heterocycles. The second-order valence-electron chi connectivity index (χ2n) is 4.24. The minimum Gasteiger partial charge on any atom is -0.398 e. The van der Waals surface area contributed by atoms with Gasteiger partial charge >= 0.3 is 0 Å². The van der Waals surface area contributed by atoms with Crippen molar-refractivity contribution in [1.82, 2.24) is 20.2 Å². The van der Waals surface area contributed by atoms with Gasteiger partial charge in [-0.15, -0.1) is 5.10 Å². The lowest BCUT2D eigenvalue weighted by molar-refractivity contribution is 0.628. The van der Waals surface area contributed by atoms with Crippen molar-refractivity contribution < 1.29 is 4.39 Å². The summed E-state index contributed by atoms with van der Waals surface area (Å²) < 4.78 is 15.4. The number of nitrogen functional groups attached to an aromatic ring is 1. The van der Waals surface area contributed by atoms with E-state index in [1.807, 2.05) is 0 Å². The number of rotatable bonds is 2. The van der Waals surface area contributed by atoms with Crippen LogP contribution in [0.5, 0.6) is 0 Å². The lowest BCUT2D eigenvalue weighted by Gasteiger charge is -2.08. The Morgan fingerprint density at radius 1 is 1.19 bits per heavy atom. The van der Waals surface area contributed by atoms with Gasteiger partial charge < -0.3 is 5.73 Å². The number of tetrazole rings is 1. The van der Waals surface area contributed by atoms with Crippen LogP contribution in [0.3, 0.4) is 0 Å². The van der Waals surface area contributed by atoms with Crippen molar-refractivity contribution in [1.29, 1.82) is 0 Å². The zero-order valence-electron chi connectivity index (χ0n) is 10.5. The quantitative estimate of drug-likeness (QED) is 0.703. The Hall–Kier alpha value is -1.99. The van der Waals surface area contributed by atoms with Gasteiger partial charge in [-0.05, 0) is 62.8 Å². The van der Waals surface area contributed by atoms with E-state index < -0.39 is 5.82 Å². The third kappa shape index (κ3) is 2.62. The predicted molar refractivity (Wildman–Crippen MR) is 81.7 cm³/mol. The normalized spacial score (nSPS) is 10.8. The zero-order chi connectivity index (χ0) is 15.0. The average molecular weight is 369 g/mol. The highest BCUT2D eigenvalue weighted by Crippen LogP contribution is 2.29. The van der Waals surface area contributed by atoms with E-state index in [9.17, 15) is 4.39 Å². The Morgan fingerprint density at radius 3 is 2.71 bits per heavy atom. The molecule has 0 aliphatic carbocycles. The van der Waals surface area contributed by atoms with E-state index in [2.05, 4.69) is 31.5 Å². The first-order valence-electron chi connectivity index (χ1n) is 5.85. The van der Waals surface area contributed by atoms with Gasteiger partial charge in [0, 0.05) is 15.7 Å². The maximum absolute atomic E-state index is 13.2. The van der Waals surface area contributed by atoms with Crippen molar-refractivity contribution in [3.63, 3.8) is 0 Å². The van der Waals surface area contributed by atoms with Gasteiger partial charge in [-0.2, -0.15) is 4.68 Å². The van der Waals surface area contributed by atoms with E-state index in [-0.39, 0.29) is 5.69 Å². The van der Waals surface area contributed by atoms with Crippen LogP contribution in [-0.4, -0.2) is 20.2 Å². The van der Waals surface area contributed by atoms with Crippen LogP contribution in [-0.2, 0) is 0 Å². The molecule has 0 aliphatic rings. The molecule has 0 atom stereocenters. The number of anilines is 1. The number of halogens is 3. The number of nitrogens with two attached hydrogens (primary N) is 1. The molecule has 0 radical (unpaired) electrons. The van der Waals surface area contributed by atoms with Gasteiger partial charge in [-0.1, -0.05) is 11.6 Å². The molecule has 8 heteroatoms. The van der Waals surface area contributed by atoms with E-state index in [4.69, 9.17) is 17.3 Å². The van der Waals surface area contributed by atoms with Crippen LogP contribution in [0, 0.1) is 5.82 Å². The summed E-state index contributed by atoms with van der Waals surface area (Å²) in [5.74, 6) is 0.00577. The highest BCUT2D eigenvalue weighted by Gasteiger charge is 2.14. The van der Waals surface area contributed by atoms with E-state index in [0.29, 0.717) is 22.1 Å². The van der Waals surface area contributed by atoms with Crippen molar-refractivity contribution in [3.05, 3.63) is 51.7 Å². The van der Waals surface area contributed by atoms with Crippen molar-refractivity contribution >= 4 is 33.2 Å². The monoisotopic (exact) mass is 367 g/mol. The number of nitrogens with zero attached hydrogens (tertiary/aromatic N) is 4. The Morgan fingerprint density at radius 2 is 2.00 bits per heavy atom. The standard InChI is InChI=1S/C13H8BrClFN5/c14-10-6-8(2-4-11(10)15)21-13(18-19-20-21)9-3-1-7(16)5-12(9)17/h1-6H,17H2. The van der Waals surface area contributed by atoms with E-state index in [1.54, 1.807) is 18.2 Å². The van der Waals surface area contributed by atoms with Gasteiger partial charge in [0.2, 0.25) is 0 Å². The topological polar surface area (TPSA) is 69.6 Å². The Kier molecular flexibility index (Phi) is 3.60. The molecule has 3 aromatic rings. The highest BCUT2D eigenvalue weighted by molar-refractivity contribution is 9.10. The summed E-state index contributed by atoms with van der Waals surface area (Å²) in [6.07, 6.45) is 0. The molecule has 5 nitrogen and oxygen atoms in total. The first kappa shape index (κ1) is 14.0. The molecule has 0 spiro atoms. The van der Waals surface area contributed by atoms with Crippen LogP contribution in [0.2, 0.25) is 5.02 Å². The maximum atomic E-state index is 13.2. The fraction of sp³-hybridized carbons (Fsp3) is 0. The van der Waals surface area contributed by atoms with Crippen molar-refractivity contribution in [3.8, 4) is 17.1 Å². The van der Waals surface area contributed by atoms with Crippen molar-refractivity contribution in [2.75, 3.05) is 5.73 Å². The lowest BCUT2D eigenvalue weighted by Crippen LogP contribution is -2.02. The molecule has 1 heterocycles. The van der Waals surface area contributed by atoms with Gasteiger partial charge in [0.15, 0.2) is 5.82 Å². The zero-order valence-corrected chi connectivity index (χ0v) is 12.8. The minimum absolute atomic E-state index is 0.263. The smallest absolute Gasteiger partial charge is 0.189 e. The third-order valence-corrected chi connectivity index (χ3v) is 4.09. The van der Waals surface area contributed by atoms with E-state index in [0.717, 1.165) is 4.47 Å². The molecule has 1 aromatic heterocycles. The molecule has 0 amide bonds. The van der Waals surface area contributed by atoms with Crippen LogP contribution < -0.4 is 5.73 Å². The number of aromatic nitrogens is 4. The predicted octanol–water partition coefficient (Wildman–Crippen LogP) is 3.47. The van der Waals surface area contributed by atoms with Gasteiger partial charge in [-0.25, -0.2) is 4.39 Å². The summed E-state index contributed by atoms with van der Waals surface area (Å²) in [7, 11) is 0. The van der Waals surface area contributed by atoms with E-state index >= 15 is 0 Å². The van der Waals surface area contributed by atoms with E-state index in [1.165, 1.54) is 22.9 Å². The maximum Gasteiger partial charge on any atom is 0.189 e. The molecular weight excluding hydrogens is 361 g/mol. The summed E-state index contributed by atoms with van der Waals surface area (Å²) in [6, 6.07) is 9.35. The third-order valence-electron chi connectivity index (χ3n) is 2.87. The molecule has 2 N–H and O–H groups in total. The summed E-state index contributed by atoms with van der Waals surface area (Å²) in [4.78, 5) is 0. The van der Waals surface area contributed by atoms with Crippen molar-refractivity contribution in [2.45, 2.75) is 0 Å².